The smallest absolute Gasteiger partial charge is 0.163 e. The summed E-state index contributed by atoms with van der Waals surface area (Å²) in [6.45, 7) is 2.96. The second-order valence-electron chi connectivity index (χ2n) is 3.47. The van der Waals surface area contributed by atoms with Gasteiger partial charge in [0.25, 0.3) is 0 Å². The second kappa shape index (κ2) is 12.8. The first kappa shape index (κ1) is 13.8. The van der Waals surface area contributed by atoms with Crippen molar-refractivity contribution in [1.29, 1.82) is 5.26 Å². The van der Waals surface area contributed by atoms with Crippen molar-refractivity contribution >= 4 is 12.0 Å². The van der Waals surface area contributed by atoms with E-state index in [1.165, 1.54) is 44.9 Å². The van der Waals surface area contributed by atoms with Crippen LogP contribution in [0.2, 0.25) is 0 Å². The van der Waals surface area contributed by atoms with Crippen molar-refractivity contribution in [2.24, 2.45) is 0 Å². The maximum absolute atomic E-state index is 8.18. The maximum atomic E-state index is 8.18. The van der Waals surface area contributed by atoms with Crippen molar-refractivity contribution in [1.82, 2.24) is 0 Å². The molecule has 0 aliphatic carbocycles. The topological polar surface area (TPSA) is 33.0 Å². The Bertz CT molecular complexity index is 145. The highest BCUT2D eigenvalue weighted by Crippen LogP contribution is 2.09. The molecule has 0 amide bonds. The fraction of sp³-hybridized carbons (Fsp3) is 0.909. The van der Waals surface area contributed by atoms with Gasteiger partial charge in [-0.15, -0.1) is 0 Å². The van der Waals surface area contributed by atoms with Gasteiger partial charge in [-0.2, -0.15) is 5.26 Å². The molecule has 0 atom stereocenters. The SMILES string of the molecule is CCCCCCCCCCOSC#N. The van der Waals surface area contributed by atoms with Gasteiger partial charge in [0.05, 0.1) is 6.61 Å². The summed E-state index contributed by atoms with van der Waals surface area (Å²) in [5, 5.41) is 10.1. The summed E-state index contributed by atoms with van der Waals surface area (Å²) in [5.41, 5.74) is 0. The van der Waals surface area contributed by atoms with Crippen LogP contribution >= 0.6 is 12.0 Å². The number of nitriles is 1. The number of unbranched alkanes of at least 4 members (excludes halogenated alkanes) is 7. The summed E-state index contributed by atoms with van der Waals surface area (Å²) in [7, 11) is 0. The molecule has 14 heavy (non-hydrogen) atoms. The van der Waals surface area contributed by atoms with Crippen molar-refractivity contribution in [3.05, 3.63) is 0 Å². The van der Waals surface area contributed by atoms with E-state index in [4.69, 9.17) is 9.44 Å². The lowest BCUT2D eigenvalue weighted by atomic mass is 10.1. The third-order valence-corrected chi connectivity index (χ3v) is 2.54. The van der Waals surface area contributed by atoms with E-state index in [9.17, 15) is 0 Å². The lowest BCUT2D eigenvalue weighted by Crippen LogP contribution is -1.86. The lowest BCUT2D eigenvalue weighted by molar-refractivity contribution is 0.357. The van der Waals surface area contributed by atoms with Crippen LogP contribution in [0.15, 0.2) is 0 Å². The maximum Gasteiger partial charge on any atom is 0.163 e. The Kier molecular flexibility index (Phi) is 12.6. The van der Waals surface area contributed by atoms with E-state index in [0.717, 1.165) is 18.5 Å². The summed E-state index contributed by atoms with van der Waals surface area (Å²) in [6, 6.07) is 0. The molecule has 0 saturated heterocycles. The largest absolute Gasteiger partial charge is 0.302 e. The average Bonchev–Trinajstić information content (AvgIpc) is 2.21. The highest BCUT2D eigenvalue weighted by atomic mass is 32.2. The Balaban J connectivity index is 2.82. The summed E-state index contributed by atoms with van der Waals surface area (Å²) in [6.07, 6.45) is 10.4. The molecule has 0 aliphatic heterocycles. The number of hydrogen-bond acceptors (Lipinski definition) is 3. The fourth-order valence-electron chi connectivity index (χ4n) is 1.36. The molecule has 0 spiro atoms. The molecule has 3 heteroatoms. The Morgan fingerprint density at radius 3 is 2.14 bits per heavy atom. The van der Waals surface area contributed by atoms with E-state index >= 15 is 0 Å². The molecule has 0 N–H and O–H groups in total. The van der Waals surface area contributed by atoms with Crippen LogP contribution < -0.4 is 0 Å². The van der Waals surface area contributed by atoms with Crippen molar-refractivity contribution < 1.29 is 4.18 Å². The predicted molar refractivity (Wildman–Crippen MR) is 61.8 cm³/mol. The quantitative estimate of drug-likeness (QED) is 0.310. The zero-order chi connectivity index (χ0) is 10.5. The number of thiocyanates is 1. The number of rotatable bonds is 10. The molecule has 0 radical (unpaired) electrons. The fourth-order valence-corrected chi connectivity index (χ4v) is 1.62. The zero-order valence-corrected chi connectivity index (χ0v) is 9.94. The first-order chi connectivity index (χ1) is 6.91. The monoisotopic (exact) mass is 215 g/mol. The standard InChI is InChI=1S/C11H21NOS/c1-2-3-4-5-6-7-8-9-10-13-14-11-12/h2-10H2,1H3. The molecule has 0 bridgehead atoms. The third-order valence-electron chi connectivity index (χ3n) is 2.18. The van der Waals surface area contributed by atoms with Gasteiger partial charge in [-0.1, -0.05) is 51.9 Å². The van der Waals surface area contributed by atoms with Crippen molar-refractivity contribution in [3.63, 3.8) is 0 Å². The molecule has 0 aromatic carbocycles. The van der Waals surface area contributed by atoms with E-state index in [1.807, 2.05) is 5.40 Å². The molecule has 0 unspecified atom stereocenters. The van der Waals surface area contributed by atoms with E-state index in [-0.39, 0.29) is 0 Å². The van der Waals surface area contributed by atoms with Gasteiger partial charge in [0.1, 0.15) is 12.0 Å². The van der Waals surface area contributed by atoms with E-state index in [2.05, 4.69) is 6.92 Å². The molecule has 0 rings (SSSR count). The third kappa shape index (κ3) is 11.8. The van der Waals surface area contributed by atoms with Gasteiger partial charge in [-0.3, -0.25) is 0 Å². The molecular weight excluding hydrogens is 194 g/mol. The zero-order valence-electron chi connectivity index (χ0n) is 9.13. The summed E-state index contributed by atoms with van der Waals surface area (Å²) < 4.78 is 4.98. The van der Waals surface area contributed by atoms with Gasteiger partial charge < -0.3 is 4.18 Å². The molecule has 0 aromatic rings. The Morgan fingerprint density at radius 2 is 1.57 bits per heavy atom. The molecule has 0 aliphatic rings. The van der Waals surface area contributed by atoms with Gasteiger partial charge in [0.2, 0.25) is 0 Å². The number of nitrogens with zero attached hydrogens (tertiary/aromatic N) is 1. The highest BCUT2D eigenvalue weighted by molar-refractivity contribution is 7.99. The van der Waals surface area contributed by atoms with Crippen LogP contribution in [0.5, 0.6) is 0 Å². The van der Waals surface area contributed by atoms with Gasteiger partial charge in [-0.25, -0.2) is 0 Å². The van der Waals surface area contributed by atoms with Crippen LogP contribution in [0.1, 0.15) is 58.3 Å². The van der Waals surface area contributed by atoms with E-state index in [0.29, 0.717) is 6.61 Å². The highest BCUT2D eigenvalue weighted by Gasteiger charge is 1.92. The molecule has 0 saturated carbocycles. The lowest BCUT2D eigenvalue weighted by Gasteiger charge is -2.00. The Morgan fingerprint density at radius 1 is 1.00 bits per heavy atom. The Labute approximate surface area is 92.2 Å². The minimum Gasteiger partial charge on any atom is -0.302 e. The Hall–Kier alpha value is -0.200. The van der Waals surface area contributed by atoms with Gasteiger partial charge in [0, 0.05) is 0 Å². The minimum atomic E-state index is 0.715. The van der Waals surface area contributed by atoms with Crippen molar-refractivity contribution in [2.75, 3.05) is 6.61 Å². The van der Waals surface area contributed by atoms with Crippen LogP contribution in [-0.2, 0) is 4.18 Å². The molecule has 0 aromatic heterocycles. The molecule has 0 heterocycles. The first-order valence-electron chi connectivity index (χ1n) is 5.59. The van der Waals surface area contributed by atoms with Crippen LogP contribution in [0.4, 0.5) is 0 Å². The van der Waals surface area contributed by atoms with Crippen molar-refractivity contribution in [3.8, 4) is 5.40 Å². The minimum absolute atomic E-state index is 0.715. The first-order valence-corrected chi connectivity index (χ1v) is 6.33. The molecule has 0 fully saturated rings. The normalized spacial score (nSPS) is 10.0. The van der Waals surface area contributed by atoms with Crippen LogP contribution in [0.3, 0.4) is 0 Å². The van der Waals surface area contributed by atoms with Crippen LogP contribution in [0.25, 0.3) is 0 Å². The predicted octanol–water partition coefficient (Wildman–Crippen LogP) is 4.27. The van der Waals surface area contributed by atoms with Crippen LogP contribution in [0, 0.1) is 10.7 Å². The van der Waals surface area contributed by atoms with Gasteiger partial charge >= 0.3 is 0 Å². The summed E-state index contributed by atoms with van der Waals surface area (Å²) in [5.74, 6) is 0. The average molecular weight is 215 g/mol. The second-order valence-corrected chi connectivity index (χ2v) is 4.06. The summed E-state index contributed by atoms with van der Waals surface area (Å²) >= 11 is 0.889. The molecule has 82 valence electrons. The van der Waals surface area contributed by atoms with Crippen molar-refractivity contribution in [2.45, 2.75) is 58.3 Å². The molecular formula is C11H21NOS. The van der Waals surface area contributed by atoms with Gasteiger partial charge in [-0.05, 0) is 6.42 Å². The summed E-state index contributed by atoms with van der Waals surface area (Å²) in [4.78, 5) is 0. The molecule has 2 nitrogen and oxygen atoms in total. The van der Waals surface area contributed by atoms with Crippen LogP contribution in [-0.4, -0.2) is 6.61 Å². The van der Waals surface area contributed by atoms with E-state index in [1.54, 1.807) is 0 Å². The number of hydrogen-bond donors (Lipinski definition) is 0. The van der Waals surface area contributed by atoms with Gasteiger partial charge in [0.15, 0.2) is 5.40 Å². The van der Waals surface area contributed by atoms with E-state index < -0.39 is 0 Å².